The minimum Gasteiger partial charge on any atom is -0.306 e. The first-order chi connectivity index (χ1) is 10.8. The van der Waals surface area contributed by atoms with Gasteiger partial charge in [0.2, 0.25) is 0 Å². The highest BCUT2D eigenvalue weighted by Crippen LogP contribution is 2.34. The van der Waals surface area contributed by atoms with Gasteiger partial charge in [-0.2, -0.15) is 13.2 Å². The van der Waals surface area contributed by atoms with Crippen LogP contribution in [0.25, 0.3) is 22.3 Å². The fourth-order valence-electron chi connectivity index (χ4n) is 2.33. The van der Waals surface area contributed by atoms with E-state index in [2.05, 4.69) is 9.97 Å². The summed E-state index contributed by atoms with van der Waals surface area (Å²) in [5.74, 6) is 0.0461. The van der Waals surface area contributed by atoms with Crippen LogP contribution in [0, 0.1) is 6.92 Å². The molecular formula is C16H10ClF3N2O. The Hall–Kier alpha value is -2.34. The Kier molecular flexibility index (Phi) is 3.64. The maximum Gasteiger partial charge on any atom is 0.416 e. The van der Waals surface area contributed by atoms with Gasteiger partial charge in [0.05, 0.1) is 16.5 Å². The molecule has 2 aromatic carbocycles. The molecule has 23 heavy (non-hydrogen) atoms. The summed E-state index contributed by atoms with van der Waals surface area (Å²) in [7, 11) is 0. The maximum atomic E-state index is 12.9. The summed E-state index contributed by atoms with van der Waals surface area (Å²) < 4.78 is 38.7. The van der Waals surface area contributed by atoms with Crippen LogP contribution in [0.3, 0.4) is 0 Å². The molecule has 118 valence electrons. The van der Waals surface area contributed by atoms with Gasteiger partial charge in [0.1, 0.15) is 5.82 Å². The summed E-state index contributed by atoms with van der Waals surface area (Å²) in [6.45, 7) is 1.78. The van der Waals surface area contributed by atoms with Crippen molar-refractivity contribution >= 4 is 22.5 Å². The van der Waals surface area contributed by atoms with Gasteiger partial charge < -0.3 is 4.98 Å². The lowest BCUT2D eigenvalue weighted by Crippen LogP contribution is -2.11. The van der Waals surface area contributed by atoms with Crippen LogP contribution in [0.15, 0.2) is 41.2 Å². The van der Waals surface area contributed by atoms with Gasteiger partial charge in [-0.25, -0.2) is 4.98 Å². The lowest BCUT2D eigenvalue weighted by atomic mass is 10.1. The van der Waals surface area contributed by atoms with Crippen molar-refractivity contribution in [1.29, 1.82) is 0 Å². The van der Waals surface area contributed by atoms with E-state index in [0.717, 1.165) is 17.7 Å². The molecule has 1 N–H and O–H groups in total. The topological polar surface area (TPSA) is 45.8 Å². The normalized spacial score (nSPS) is 11.9. The second-order valence-electron chi connectivity index (χ2n) is 5.11. The fourth-order valence-corrected chi connectivity index (χ4v) is 2.57. The number of H-pyrrole nitrogens is 1. The largest absolute Gasteiger partial charge is 0.416 e. The van der Waals surface area contributed by atoms with Crippen molar-refractivity contribution in [2.24, 2.45) is 0 Å². The zero-order valence-electron chi connectivity index (χ0n) is 11.8. The quantitative estimate of drug-likeness (QED) is 0.706. The minimum absolute atomic E-state index is 0.0461. The number of benzene rings is 2. The number of aromatic nitrogens is 2. The molecule has 7 heteroatoms. The van der Waals surface area contributed by atoms with Gasteiger partial charge in [0.25, 0.3) is 5.56 Å². The van der Waals surface area contributed by atoms with E-state index >= 15 is 0 Å². The highest BCUT2D eigenvalue weighted by atomic mass is 35.5. The number of aryl methyl sites for hydroxylation is 1. The van der Waals surface area contributed by atoms with Crippen LogP contribution in [-0.2, 0) is 6.18 Å². The summed E-state index contributed by atoms with van der Waals surface area (Å²) in [6.07, 6.45) is -4.54. The molecule has 0 aliphatic heterocycles. The van der Waals surface area contributed by atoms with Crippen LogP contribution in [0.5, 0.6) is 0 Å². The van der Waals surface area contributed by atoms with E-state index in [1.165, 1.54) is 6.07 Å². The van der Waals surface area contributed by atoms with E-state index in [1.807, 2.05) is 0 Å². The molecule has 0 atom stereocenters. The number of fused-ring (bicyclic) bond motifs is 1. The zero-order valence-corrected chi connectivity index (χ0v) is 12.6. The molecule has 0 amide bonds. The zero-order chi connectivity index (χ0) is 16.8. The van der Waals surface area contributed by atoms with Crippen molar-refractivity contribution in [2.75, 3.05) is 0 Å². The summed E-state index contributed by atoms with van der Waals surface area (Å²) in [4.78, 5) is 18.9. The molecule has 0 radical (unpaired) electrons. The molecule has 0 aliphatic carbocycles. The first kappa shape index (κ1) is 15.6. The lowest BCUT2D eigenvalue weighted by Gasteiger charge is -2.10. The average molecular weight is 339 g/mol. The van der Waals surface area contributed by atoms with Crippen molar-refractivity contribution in [2.45, 2.75) is 13.1 Å². The Morgan fingerprint density at radius 1 is 1.17 bits per heavy atom. The van der Waals surface area contributed by atoms with Crippen LogP contribution >= 0.6 is 11.6 Å². The number of nitrogens with one attached hydrogen (secondary N) is 1. The number of hydrogen-bond donors (Lipinski definition) is 1. The van der Waals surface area contributed by atoms with Crippen molar-refractivity contribution in [3.8, 4) is 11.4 Å². The molecule has 0 saturated heterocycles. The summed E-state index contributed by atoms with van der Waals surface area (Å²) in [5.41, 5.74) is -0.00505. The molecule has 0 bridgehead atoms. The van der Waals surface area contributed by atoms with E-state index in [-0.39, 0.29) is 16.4 Å². The predicted molar refractivity (Wildman–Crippen MR) is 82.5 cm³/mol. The van der Waals surface area contributed by atoms with Crippen molar-refractivity contribution in [1.82, 2.24) is 9.97 Å². The van der Waals surface area contributed by atoms with Crippen molar-refractivity contribution in [3.05, 3.63) is 62.9 Å². The van der Waals surface area contributed by atoms with Gasteiger partial charge in [-0.1, -0.05) is 23.7 Å². The lowest BCUT2D eigenvalue weighted by molar-refractivity contribution is -0.137. The molecule has 0 fully saturated rings. The second kappa shape index (κ2) is 5.38. The predicted octanol–water partition coefficient (Wildman–Crippen LogP) is 4.57. The second-order valence-corrected chi connectivity index (χ2v) is 5.55. The van der Waals surface area contributed by atoms with E-state index in [0.29, 0.717) is 10.9 Å². The SMILES string of the molecule is Cc1cccc2c(=O)[nH]c(-c3cc(Cl)cc(C(F)(F)F)c3)nc12. The Morgan fingerprint density at radius 3 is 2.61 bits per heavy atom. The molecule has 3 rings (SSSR count). The van der Waals surface area contributed by atoms with E-state index in [4.69, 9.17) is 11.6 Å². The number of rotatable bonds is 1. The third-order valence-electron chi connectivity index (χ3n) is 3.44. The molecule has 3 nitrogen and oxygen atoms in total. The number of aromatic amines is 1. The molecule has 0 saturated carbocycles. The Morgan fingerprint density at radius 2 is 1.91 bits per heavy atom. The number of alkyl halides is 3. The van der Waals surface area contributed by atoms with Crippen LogP contribution in [-0.4, -0.2) is 9.97 Å². The van der Waals surface area contributed by atoms with Crippen LogP contribution < -0.4 is 5.56 Å². The molecule has 1 aromatic heterocycles. The Bertz CT molecular complexity index is 964. The molecule has 0 spiro atoms. The van der Waals surface area contributed by atoms with Gasteiger partial charge >= 0.3 is 6.18 Å². The van der Waals surface area contributed by atoms with Crippen molar-refractivity contribution < 1.29 is 13.2 Å². The third kappa shape index (κ3) is 2.94. The molecule has 3 aromatic rings. The number of halogens is 4. The van der Waals surface area contributed by atoms with Crippen LogP contribution in [0.1, 0.15) is 11.1 Å². The van der Waals surface area contributed by atoms with E-state index < -0.39 is 17.3 Å². The minimum atomic E-state index is -4.54. The van der Waals surface area contributed by atoms with Crippen LogP contribution in [0.4, 0.5) is 13.2 Å². The van der Waals surface area contributed by atoms with E-state index in [9.17, 15) is 18.0 Å². The number of hydrogen-bond acceptors (Lipinski definition) is 2. The Balaban J connectivity index is 2.27. The van der Waals surface area contributed by atoms with E-state index in [1.54, 1.807) is 25.1 Å². The van der Waals surface area contributed by atoms with Gasteiger partial charge in [0.15, 0.2) is 0 Å². The monoisotopic (exact) mass is 338 g/mol. The standard InChI is InChI=1S/C16H10ClF3N2O/c1-8-3-2-4-12-13(8)21-14(22-15(12)23)9-5-10(16(18,19)20)7-11(17)6-9/h2-7H,1H3,(H,21,22,23). The van der Waals surface area contributed by atoms with Gasteiger partial charge in [-0.05, 0) is 36.8 Å². The fraction of sp³-hybridized carbons (Fsp3) is 0.125. The summed E-state index contributed by atoms with van der Waals surface area (Å²) in [5, 5.41) is 0.300. The van der Waals surface area contributed by atoms with Crippen molar-refractivity contribution in [3.63, 3.8) is 0 Å². The summed E-state index contributed by atoms with van der Waals surface area (Å²) >= 11 is 5.78. The molecule has 1 heterocycles. The first-order valence-electron chi connectivity index (χ1n) is 6.63. The highest BCUT2D eigenvalue weighted by molar-refractivity contribution is 6.31. The third-order valence-corrected chi connectivity index (χ3v) is 3.65. The first-order valence-corrected chi connectivity index (χ1v) is 7.01. The summed E-state index contributed by atoms with van der Waals surface area (Å²) in [6, 6.07) is 8.17. The highest BCUT2D eigenvalue weighted by Gasteiger charge is 2.31. The van der Waals surface area contributed by atoms with Gasteiger partial charge in [0, 0.05) is 10.6 Å². The van der Waals surface area contributed by atoms with Gasteiger partial charge in [-0.3, -0.25) is 4.79 Å². The average Bonchev–Trinajstić information content (AvgIpc) is 2.46. The molecule has 0 unspecified atom stereocenters. The smallest absolute Gasteiger partial charge is 0.306 e. The Labute approximate surface area is 133 Å². The maximum absolute atomic E-state index is 12.9. The van der Waals surface area contributed by atoms with Crippen LogP contribution in [0.2, 0.25) is 5.02 Å². The van der Waals surface area contributed by atoms with Gasteiger partial charge in [-0.15, -0.1) is 0 Å². The number of nitrogens with zero attached hydrogens (tertiary/aromatic N) is 1. The molecular weight excluding hydrogens is 329 g/mol. The number of para-hydroxylation sites is 1. The molecule has 0 aliphatic rings.